The monoisotopic (exact) mass is 448 g/mol. The van der Waals surface area contributed by atoms with Crippen LogP contribution in [0.15, 0.2) is 72.8 Å². The second kappa shape index (κ2) is 9.12. The summed E-state index contributed by atoms with van der Waals surface area (Å²) in [5, 5.41) is 22.1. The molecular weight excluding hydrogens is 419 g/mol. The highest BCUT2D eigenvalue weighted by Crippen LogP contribution is 2.37. The van der Waals surface area contributed by atoms with Crippen molar-refractivity contribution in [2.24, 2.45) is 0 Å². The minimum Gasteiger partial charge on any atom is -0.454 e. The maximum absolute atomic E-state index is 9.91. The molecule has 1 aliphatic rings. The summed E-state index contributed by atoms with van der Waals surface area (Å²) in [6.45, 7) is 7.29. The predicted octanol–water partition coefficient (Wildman–Crippen LogP) is 2.21. The topological polar surface area (TPSA) is 68.2 Å². The van der Waals surface area contributed by atoms with Crippen LogP contribution >= 0.6 is 0 Å². The maximum Gasteiger partial charge on any atom is 0.488 e. The molecule has 166 valence electrons. The van der Waals surface area contributed by atoms with E-state index in [2.05, 4.69) is 69.3 Å². The first-order valence-electron chi connectivity index (χ1n) is 10.9. The van der Waals surface area contributed by atoms with Crippen LogP contribution in [-0.4, -0.2) is 38.9 Å². The van der Waals surface area contributed by atoms with Gasteiger partial charge in [0.1, 0.15) is 0 Å². The summed E-state index contributed by atoms with van der Waals surface area (Å²) in [4.78, 5) is 0. The van der Waals surface area contributed by atoms with E-state index in [-0.39, 0.29) is 11.8 Å². The lowest BCUT2D eigenvalue weighted by Crippen LogP contribution is -2.66. The molecule has 0 amide bonds. The van der Waals surface area contributed by atoms with Crippen LogP contribution in [0.1, 0.15) is 26.3 Å². The van der Waals surface area contributed by atoms with Crippen LogP contribution in [0.3, 0.4) is 0 Å². The second-order valence-corrected chi connectivity index (χ2v) is 13.3. The van der Waals surface area contributed by atoms with E-state index in [1.54, 1.807) is 6.07 Å². The van der Waals surface area contributed by atoms with Crippen LogP contribution in [-0.2, 0) is 10.8 Å². The van der Waals surface area contributed by atoms with Gasteiger partial charge in [-0.25, -0.2) is 0 Å². The summed E-state index contributed by atoms with van der Waals surface area (Å²) in [5.41, 5.74) is 1.20. The number of hydrogen-bond acceptors (Lipinski definition) is 5. The fraction of sp³-hybridized carbons (Fsp3) is 0.280. The summed E-state index contributed by atoms with van der Waals surface area (Å²) < 4.78 is 17.8. The molecule has 3 aromatic carbocycles. The highest BCUT2D eigenvalue weighted by molar-refractivity contribution is 6.99. The molecule has 0 bridgehead atoms. The standard InChI is InChI=1S/C25H29BO5Si/c1-25(2,3)32(20-10-6-4-7-11-20,21-12-8-5-9-13-21)31-15-14-19-16-23-24(30-18-29-23)17-22(19)26(27)28/h4-13,16-17,27-28H,14-15,18H2,1-3H3. The molecule has 1 heterocycles. The van der Waals surface area contributed by atoms with Crippen molar-refractivity contribution in [2.75, 3.05) is 13.4 Å². The molecule has 0 saturated heterocycles. The quantitative estimate of drug-likeness (QED) is 0.543. The van der Waals surface area contributed by atoms with E-state index in [0.29, 0.717) is 30.0 Å². The Morgan fingerprint density at radius 1 is 0.875 bits per heavy atom. The fourth-order valence-electron chi connectivity index (χ4n) is 4.53. The molecule has 0 aliphatic carbocycles. The van der Waals surface area contributed by atoms with Gasteiger partial charge in [0.15, 0.2) is 11.5 Å². The molecule has 4 rings (SSSR count). The second-order valence-electron chi connectivity index (χ2n) is 9.04. The normalized spacial score (nSPS) is 13.3. The minimum atomic E-state index is -2.65. The predicted molar refractivity (Wildman–Crippen MR) is 130 cm³/mol. The van der Waals surface area contributed by atoms with E-state index in [1.807, 2.05) is 18.2 Å². The first-order chi connectivity index (χ1) is 15.3. The molecular formula is C25H29BO5Si. The molecule has 32 heavy (non-hydrogen) atoms. The first kappa shape index (κ1) is 22.6. The van der Waals surface area contributed by atoms with Gasteiger partial charge < -0.3 is 23.9 Å². The molecule has 0 aromatic heterocycles. The van der Waals surface area contributed by atoms with Gasteiger partial charge in [0, 0.05) is 6.61 Å². The van der Waals surface area contributed by atoms with Crippen molar-refractivity contribution in [3.63, 3.8) is 0 Å². The van der Waals surface area contributed by atoms with Crippen molar-refractivity contribution in [1.29, 1.82) is 0 Å². The number of rotatable bonds is 7. The third-order valence-corrected chi connectivity index (χ3v) is 11.1. The lowest BCUT2D eigenvalue weighted by atomic mass is 9.76. The van der Waals surface area contributed by atoms with Crippen molar-refractivity contribution < 1.29 is 23.9 Å². The zero-order valence-electron chi connectivity index (χ0n) is 18.7. The number of ether oxygens (including phenoxy) is 2. The molecule has 7 heteroatoms. The highest BCUT2D eigenvalue weighted by Gasteiger charge is 2.50. The molecule has 0 radical (unpaired) electrons. The van der Waals surface area contributed by atoms with Crippen molar-refractivity contribution in [2.45, 2.75) is 32.2 Å². The minimum absolute atomic E-state index is 0.121. The summed E-state index contributed by atoms with van der Waals surface area (Å²) in [5.74, 6) is 1.15. The van der Waals surface area contributed by atoms with E-state index in [4.69, 9.17) is 13.9 Å². The molecule has 5 nitrogen and oxygen atoms in total. The Morgan fingerprint density at radius 2 is 1.41 bits per heavy atom. The van der Waals surface area contributed by atoms with E-state index < -0.39 is 15.4 Å². The molecule has 0 saturated carbocycles. The van der Waals surface area contributed by atoms with Crippen LogP contribution in [0.5, 0.6) is 11.5 Å². The van der Waals surface area contributed by atoms with E-state index >= 15 is 0 Å². The largest absolute Gasteiger partial charge is 0.488 e. The zero-order valence-corrected chi connectivity index (χ0v) is 19.7. The van der Waals surface area contributed by atoms with Crippen molar-refractivity contribution in [3.8, 4) is 11.5 Å². The maximum atomic E-state index is 9.91. The fourth-order valence-corrected chi connectivity index (χ4v) is 9.10. The Hall–Kier alpha value is -2.58. The van der Waals surface area contributed by atoms with E-state index in [9.17, 15) is 10.0 Å². The summed E-state index contributed by atoms with van der Waals surface area (Å²) in [7, 11) is -4.24. The SMILES string of the molecule is CC(C)(C)[Si](OCCc1cc2c(cc1B(O)O)OCO2)(c1ccccc1)c1ccccc1. The zero-order chi connectivity index (χ0) is 22.8. The summed E-state index contributed by atoms with van der Waals surface area (Å²) in [6, 6.07) is 24.4. The smallest absolute Gasteiger partial charge is 0.454 e. The van der Waals surface area contributed by atoms with E-state index in [1.165, 1.54) is 10.4 Å². The number of hydrogen-bond donors (Lipinski definition) is 2. The van der Waals surface area contributed by atoms with Crippen molar-refractivity contribution >= 4 is 31.3 Å². The molecule has 0 spiro atoms. The Bertz CT molecular complexity index is 1010. The van der Waals surface area contributed by atoms with Gasteiger partial charge in [-0.1, -0.05) is 81.4 Å². The van der Waals surface area contributed by atoms with Gasteiger partial charge in [-0.15, -0.1) is 0 Å². The van der Waals surface area contributed by atoms with Crippen molar-refractivity contribution in [3.05, 3.63) is 78.4 Å². The highest BCUT2D eigenvalue weighted by atomic mass is 28.4. The van der Waals surface area contributed by atoms with E-state index in [0.717, 1.165) is 5.56 Å². The van der Waals surface area contributed by atoms with Gasteiger partial charge in [-0.3, -0.25) is 0 Å². The molecule has 0 fully saturated rings. The average molecular weight is 448 g/mol. The lowest BCUT2D eigenvalue weighted by molar-refractivity contribution is 0.174. The van der Waals surface area contributed by atoms with Crippen molar-refractivity contribution in [1.82, 2.24) is 0 Å². The van der Waals surface area contributed by atoms with Gasteiger partial charge in [-0.2, -0.15) is 0 Å². The van der Waals surface area contributed by atoms with Crippen LogP contribution in [0.2, 0.25) is 5.04 Å². The van der Waals surface area contributed by atoms with Crippen LogP contribution in [0.25, 0.3) is 0 Å². The molecule has 0 atom stereocenters. The number of benzene rings is 3. The van der Waals surface area contributed by atoms with Crippen LogP contribution in [0, 0.1) is 0 Å². The molecule has 0 unspecified atom stereocenters. The van der Waals surface area contributed by atoms with Gasteiger partial charge in [0.2, 0.25) is 6.79 Å². The van der Waals surface area contributed by atoms with Gasteiger partial charge in [-0.05, 0) is 45.0 Å². The van der Waals surface area contributed by atoms with Gasteiger partial charge in [0.25, 0.3) is 8.32 Å². The van der Waals surface area contributed by atoms with Gasteiger partial charge >= 0.3 is 7.12 Å². The molecule has 1 aliphatic heterocycles. The Kier molecular flexibility index (Phi) is 6.44. The van der Waals surface area contributed by atoms with Crippen LogP contribution in [0.4, 0.5) is 0 Å². The summed E-state index contributed by atoms with van der Waals surface area (Å²) >= 11 is 0. The Labute approximate surface area is 190 Å². The first-order valence-corrected chi connectivity index (χ1v) is 12.8. The lowest BCUT2D eigenvalue weighted by Gasteiger charge is -2.43. The molecule has 3 aromatic rings. The Morgan fingerprint density at radius 3 is 1.91 bits per heavy atom. The number of fused-ring (bicyclic) bond motifs is 1. The van der Waals surface area contributed by atoms with Crippen LogP contribution < -0.4 is 25.3 Å². The molecule has 2 N–H and O–H groups in total. The third-order valence-electron chi connectivity index (χ3n) is 6.02. The Balaban J connectivity index is 1.69. The summed E-state index contributed by atoms with van der Waals surface area (Å²) in [6.07, 6.45) is 0.522. The third kappa shape index (κ3) is 4.21. The van der Waals surface area contributed by atoms with Gasteiger partial charge in [0.05, 0.1) is 0 Å². The average Bonchev–Trinajstić information content (AvgIpc) is 3.24.